The van der Waals surface area contributed by atoms with Crippen LogP contribution >= 0.6 is 7.82 Å². The second-order valence-electron chi connectivity index (χ2n) is 3.14. The lowest BCUT2D eigenvalue weighted by Crippen LogP contribution is -2.17. The molecule has 6 heteroatoms. The smallest absolute Gasteiger partial charge is 0.376 e. The summed E-state index contributed by atoms with van der Waals surface area (Å²) < 4.78 is 19.7. The lowest BCUT2D eigenvalue weighted by Gasteiger charge is -2.16. The van der Waals surface area contributed by atoms with Crippen molar-refractivity contribution in [3.8, 4) is 0 Å². The van der Waals surface area contributed by atoms with Crippen LogP contribution in [0.25, 0.3) is 0 Å². The summed E-state index contributed by atoms with van der Waals surface area (Å²) in [5, 5.41) is 0. The zero-order valence-electron chi connectivity index (χ0n) is 8.14. The van der Waals surface area contributed by atoms with Crippen molar-refractivity contribution < 1.29 is 23.6 Å². The molecule has 0 fully saturated rings. The van der Waals surface area contributed by atoms with E-state index in [1.807, 2.05) is 20.8 Å². The molecular weight excluding hydrogens is 195 g/mol. The third kappa shape index (κ3) is 8.40. The summed E-state index contributed by atoms with van der Waals surface area (Å²) in [5.41, 5.74) is 0. The monoisotopic (exact) mass is 212 g/mol. The summed E-state index contributed by atoms with van der Waals surface area (Å²) in [5.74, 6) is 0.384. The Kier molecular flexibility index (Phi) is 5.76. The normalized spacial score (nSPS) is 14.9. The third-order valence-electron chi connectivity index (χ3n) is 1.66. The molecule has 80 valence electrons. The summed E-state index contributed by atoms with van der Waals surface area (Å²) in [7, 11) is -4.33. The lowest BCUT2D eigenvalue weighted by molar-refractivity contribution is 0.0138. The molecule has 0 aromatic heterocycles. The largest absolute Gasteiger partial charge is 0.469 e. The maximum atomic E-state index is 10.2. The van der Waals surface area contributed by atoms with Crippen molar-refractivity contribution in [1.82, 2.24) is 0 Å². The van der Waals surface area contributed by atoms with E-state index >= 15 is 0 Å². The van der Waals surface area contributed by atoms with E-state index in [1.165, 1.54) is 0 Å². The highest BCUT2D eigenvalue weighted by molar-refractivity contribution is 7.46. The number of ether oxygens (including phenoxy) is 1. The molecule has 0 aliphatic carbocycles. The Morgan fingerprint density at radius 1 is 1.23 bits per heavy atom. The van der Waals surface area contributed by atoms with Gasteiger partial charge in [0.05, 0.1) is 19.3 Å². The predicted octanol–water partition coefficient (Wildman–Crippen LogP) is 1.16. The first kappa shape index (κ1) is 13.1. The number of hydrogen-bond acceptors (Lipinski definition) is 3. The van der Waals surface area contributed by atoms with Gasteiger partial charge in [0.25, 0.3) is 0 Å². The lowest BCUT2D eigenvalue weighted by atomic mass is 10.1. The van der Waals surface area contributed by atoms with Crippen molar-refractivity contribution >= 4 is 7.82 Å². The van der Waals surface area contributed by atoms with E-state index in [-0.39, 0.29) is 19.3 Å². The Labute approximate surface area is 78.3 Å². The van der Waals surface area contributed by atoms with Gasteiger partial charge in [-0.1, -0.05) is 13.8 Å². The standard InChI is InChI=1S/C7H17O5P/c1-6(2)7(3)11-4-5-12-13(8,9)10/h6-7H,4-5H2,1-3H3,(H2,8,9,10). The average Bonchev–Trinajstić information content (AvgIpc) is 1.95. The molecule has 0 spiro atoms. The SMILES string of the molecule is CC(C)C(C)OCCOP(=O)(O)O. The Morgan fingerprint density at radius 3 is 2.15 bits per heavy atom. The van der Waals surface area contributed by atoms with Gasteiger partial charge in [0.1, 0.15) is 0 Å². The highest BCUT2D eigenvalue weighted by atomic mass is 31.2. The molecule has 13 heavy (non-hydrogen) atoms. The van der Waals surface area contributed by atoms with Crippen LogP contribution in [0.2, 0.25) is 0 Å². The van der Waals surface area contributed by atoms with Gasteiger partial charge in [-0.2, -0.15) is 0 Å². The maximum Gasteiger partial charge on any atom is 0.469 e. The van der Waals surface area contributed by atoms with Gasteiger partial charge in [0, 0.05) is 0 Å². The first-order valence-corrected chi connectivity index (χ1v) is 5.67. The molecule has 0 radical (unpaired) electrons. The van der Waals surface area contributed by atoms with E-state index in [4.69, 9.17) is 14.5 Å². The van der Waals surface area contributed by atoms with Crippen molar-refractivity contribution in [2.45, 2.75) is 26.9 Å². The van der Waals surface area contributed by atoms with Crippen molar-refractivity contribution in [1.29, 1.82) is 0 Å². The topological polar surface area (TPSA) is 76.0 Å². The third-order valence-corrected chi connectivity index (χ3v) is 2.18. The van der Waals surface area contributed by atoms with Crippen LogP contribution in [-0.2, 0) is 13.8 Å². The zero-order chi connectivity index (χ0) is 10.5. The van der Waals surface area contributed by atoms with Gasteiger partial charge in [0.15, 0.2) is 0 Å². The van der Waals surface area contributed by atoms with Crippen LogP contribution in [0.4, 0.5) is 0 Å². The average molecular weight is 212 g/mol. The van der Waals surface area contributed by atoms with Gasteiger partial charge in [-0.15, -0.1) is 0 Å². The van der Waals surface area contributed by atoms with E-state index in [0.717, 1.165) is 0 Å². The fourth-order valence-electron chi connectivity index (χ4n) is 0.583. The molecule has 1 unspecified atom stereocenters. The summed E-state index contributed by atoms with van der Waals surface area (Å²) >= 11 is 0. The summed E-state index contributed by atoms with van der Waals surface area (Å²) in [6, 6.07) is 0. The van der Waals surface area contributed by atoms with Crippen LogP contribution in [0.1, 0.15) is 20.8 Å². The molecule has 0 aromatic rings. The molecule has 0 amide bonds. The number of hydrogen-bond donors (Lipinski definition) is 2. The van der Waals surface area contributed by atoms with Gasteiger partial charge in [0.2, 0.25) is 0 Å². The molecule has 0 heterocycles. The second kappa shape index (κ2) is 5.73. The first-order chi connectivity index (χ1) is 5.83. The molecule has 0 aromatic carbocycles. The van der Waals surface area contributed by atoms with E-state index < -0.39 is 7.82 Å². The fraction of sp³-hybridized carbons (Fsp3) is 1.00. The van der Waals surface area contributed by atoms with Crippen LogP contribution in [0.3, 0.4) is 0 Å². The number of phosphoric ester groups is 1. The van der Waals surface area contributed by atoms with Crippen LogP contribution < -0.4 is 0 Å². The predicted molar refractivity (Wildman–Crippen MR) is 48.2 cm³/mol. The molecule has 2 N–H and O–H groups in total. The van der Waals surface area contributed by atoms with Gasteiger partial charge >= 0.3 is 7.82 Å². The van der Waals surface area contributed by atoms with E-state index in [1.54, 1.807) is 0 Å². The van der Waals surface area contributed by atoms with Crippen molar-refractivity contribution in [2.75, 3.05) is 13.2 Å². The van der Waals surface area contributed by atoms with Crippen molar-refractivity contribution in [3.63, 3.8) is 0 Å². The Balaban J connectivity index is 3.42. The summed E-state index contributed by atoms with van der Waals surface area (Å²) in [4.78, 5) is 16.7. The molecule has 5 nitrogen and oxygen atoms in total. The molecule has 0 aliphatic rings. The van der Waals surface area contributed by atoms with Crippen LogP contribution in [0.5, 0.6) is 0 Å². The maximum absolute atomic E-state index is 10.2. The van der Waals surface area contributed by atoms with E-state index in [9.17, 15) is 4.57 Å². The van der Waals surface area contributed by atoms with Crippen molar-refractivity contribution in [2.24, 2.45) is 5.92 Å². The first-order valence-electron chi connectivity index (χ1n) is 4.14. The van der Waals surface area contributed by atoms with Gasteiger partial charge in [-0.05, 0) is 12.8 Å². The number of phosphoric acid groups is 1. The van der Waals surface area contributed by atoms with Gasteiger partial charge < -0.3 is 14.5 Å². The van der Waals surface area contributed by atoms with Crippen LogP contribution in [-0.4, -0.2) is 29.1 Å². The van der Waals surface area contributed by atoms with E-state index in [2.05, 4.69) is 4.52 Å². The molecular formula is C7H17O5P. The van der Waals surface area contributed by atoms with Crippen molar-refractivity contribution in [3.05, 3.63) is 0 Å². The molecule has 0 saturated carbocycles. The van der Waals surface area contributed by atoms with Crippen LogP contribution in [0.15, 0.2) is 0 Å². The summed E-state index contributed by atoms with van der Waals surface area (Å²) in [6.07, 6.45) is 0.0698. The fourth-order valence-corrected chi connectivity index (χ4v) is 0.895. The minimum atomic E-state index is -4.33. The van der Waals surface area contributed by atoms with Crippen LogP contribution in [0, 0.1) is 5.92 Å². The molecule has 0 aliphatic heterocycles. The minimum absolute atomic E-state index is 0.0698. The number of rotatable bonds is 6. The highest BCUT2D eigenvalue weighted by Crippen LogP contribution is 2.35. The zero-order valence-corrected chi connectivity index (χ0v) is 9.03. The quantitative estimate of drug-likeness (QED) is 0.510. The molecule has 0 rings (SSSR count). The highest BCUT2D eigenvalue weighted by Gasteiger charge is 2.13. The summed E-state index contributed by atoms with van der Waals surface area (Å²) in [6.45, 7) is 6.04. The molecule has 1 atom stereocenters. The molecule has 0 bridgehead atoms. The van der Waals surface area contributed by atoms with E-state index in [0.29, 0.717) is 5.92 Å². The molecule has 0 saturated heterocycles. The Bertz CT molecular complexity index is 176. The Hall–Kier alpha value is 0.0700. The van der Waals surface area contributed by atoms with Gasteiger partial charge in [-0.3, -0.25) is 4.52 Å². The van der Waals surface area contributed by atoms with Gasteiger partial charge in [-0.25, -0.2) is 4.57 Å². The second-order valence-corrected chi connectivity index (χ2v) is 4.38. The minimum Gasteiger partial charge on any atom is -0.376 e. The Morgan fingerprint density at radius 2 is 1.77 bits per heavy atom.